The molecule has 19 heavy (non-hydrogen) atoms. The summed E-state index contributed by atoms with van der Waals surface area (Å²) in [7, 11) is 0. The molecule has 0 bridgehead atoms. The highest BCUT2D eigenvalue weighted by Gasteiger charge is 2.11. The molecule has 0 aliphatic heterocycles. The number of nitrogens with one attached hydrogen (secondary N) is 1. The highest BCUT2D eigenvalue weighted by Crippen LogP contribution is 2.24. The number of amides is 1. The van der Waals surface area contributed by atoms with E-state index in [4.69, 9.17) is 10.8 Å². The maximum Gasteiger partial charge on any atom is 0.337 e. The second kappa shape index (κ2) is 5.34. The van der Waals surface area contributed by atoms with Crippen LogP contribution < -0.4 is 11.1 Å². The van der Waals surface area contributed by atoms with Crippen molar-refractivity contribution in [2.24, 2.45) is 5.73 Å². The van der Waals surface area contributed by atoms with Gasteiger partial charge >= 0.3 is 5.97 Å². The number of hydrogen-bond donors (Lipinski definition) is 3. The second-order valence-electron chi connectivity index (χ2n) is 4.01. The Labute approximate surface area is 109 Å². The third kappa shape index (κ3) is 2.79. The number of carboxylic acids is 1. The van der Waals surface area contributed by atoms with Gasteiger partial charge in [-0.1, -0.05) is 24.3 Å². The molecule has 6 heteroatoms. The first kappa shape index (κ1) is 12.8. The van der Waals surface area contributed by atoms with Crippen molar-refractivity contribution in [3.8, 4) is 0 Å². The van der Waals surface area contributed by atoms with Gasteiger partial charge in [0.25, 0.3) is 0 Å². The topological polar surface area (TPSA) is 105 Å². The first-order chi connectivity index (χ1) is 9.09. The lowest BCUT2D eigenvalue weighted by molar-refractivity contribution is -0.117. The van der Waals surface area contributed by atoms with Gasteiger partial charge in [0.15, 0.2) is 0 Å². The van der Waals surface area contributed by atoms with E-state index < -0.39 is 11.9 Å². The summed E-state index contributed by atoms with van der Waals surface area (Å²) < 4.78 is 0. The van der Waals surface area contributed by atoms with Crippen molar-refractivity contribution in [1.82, 2.24) is 4.98 Å². The van der Waals surface area contributed by atoms with Crippen molar-refractivity contribution in [2.75, 3.05) is 11.9 Å². The summed E-state index contributed by atoms with van der Waals surface area (Å²) in [6.45, 7) is 0.360. The van der Waals surface area contributed by atoms with Gasteiger partial charge in [-0.3, -0.25) is 4.79 Å². The smallest absolute Gasteiger partial charge is 0.337 e. The number of pyridine rings is 1. The van der Waals surface area contributed by atoms with E-state index >= 15 is 0 Å². The van der Waals surface area contributed by atoms with Crippen molar-refractivity contribution in [1.29, 1.82) is 0 Å². The monoisotopic (exact) mass is 259 g/mol. The predicted molar refractivity (Wildman–Crippen MR) is 71.0 cm³/mol. The number of benzene rings is 1. The SMILES string of the molecule is NC(=O)CCNc1ncc(C(=O)O)c2ccccc12. The lowest BCUT2D eigenvalue weighted by Gasteiger charge is -2.09. The van der Waals surface area contributed by atoms with Crippen LogP contribution >= 0.6 is 0 Å². The standard InChI is InChI=1S/C13H13N3O3/c14-11(17)5-6-15-12-9-4-2-1-3-8(9)10(7-16-12)13(18)19/h1-4,7H,5-6H2,(H2,14,17)(H,15,16)(H,18,19). The number of nitrogens with zero attached hydrogens (tertiary/aromatic N) is 1. The molecule has 0 saturated carbocycles. The average molecular weight is 259 g/mol. The number of anilines is 1. The maximum absolute atomic E-state index is 11.1. The fourth-order valence-corrected chi connectivity index (χ4v) is 1.81. The van der Waals surface area contributed by atoms with Crippen LogP contribution in [-0.2, 0) is 4.79 Å². The minimum atomic E-state index is -1.02. The number of nitrogens with two attached hydrogens (primary N) is 1. The van der Waals surface area contributed by atoms with Gasteiger partial charge in [-0.2, -0.15) is 0 Å². The van der Waals surface area contributed by atoms with Gasteiger partial charge in [-0.15, -0.1) is 0 Å². The largest absolute Gasteiger partial charge is 0.478 e. The molecule has 1 aromatic carbocycles. The normalized spacial score (nSPS) is 10.3. The Morgan fingerprint density at radius 1 is 1.26 bits per heavy atom. The van der Waals surface area contributed by atoms with E-state index in [1.54, 1.807) is 24.3 Å². The molecule has 4 N–H and O–H groups in total. The molecule has 0 unspecified atom stereocenters. The van der Waals surface area contributed by atoms with Crippen molar-refractivity contribution in [2.45, 2.75) is 6.42 Å². The summed E-state index contributed by atoms with van der Waals surface area (Å²) >= 11 is 0. The molecule has 1 heterocycles. The molecular formula is C13H13N3O3. The van der Waals surface area contributed by atoms with E-state index in [0.29, 0.717) is 23.1 Å². The summed E-state index contributed by atoms with van der Waals surface area (Å²) in [6, 6.07) is 7.07. The number of carbonyl (C=O) groups is 2. The molecule has 1 aromatic heterocycles. The molecule has 0 atom stereocenters. The van der Waals surface area contributed by atoms with Crippen LogP contribution in [0.2, 0.25) is 0 Å². The number of carbonyl (C=O) groups excluding carboxylic acids is 1. The van der Waals surface area contributed by atoms with Crippen LogP contribution in [0, 0.1) is 0 Å². The molecule has 2 rings (SSSR count). The van der Waals surface area contributed by atoms with E-state index in [1.807, 2.05) is 0 Å². The van der Waals surface area contributed by atoms with Gasteiger partial charge in [0, 0.05) is 29.9 Å². The van der Waals surface area contributed by atoms with Crippen LogP contribution in [0.15, 0.2) is 30.5 Å². The lowest BCUT2D eigenvalue weighted by Crippen LogP contribution is -2.16. The molecule has 6 nitrogen and oxygen atoms in total. The van der Waals surface area contributed by atoms with Gasteiger partial charge in [0.05, 0.1) is 5.56 Å². The van der Waals surface area contributed by atoms with Crippen LogP contribution in [0.3, 0.4) is 0 Å². The van der Waals surface area contributed by atoms with E-state index in [-0.39, 0.29) is 12.0 Å². The van der Waals surface area contributed by atoms with E-state index in [0.717, 1.165) is 0 Å². The number of aromatic nitrogens is 1. The van der Waals surface area contributed by atoms with Gasteiger partial charge in [-0.25, -0.2) is 9.78 Å². The molecule has 0 spiro atoms. The van der Waals surface area contributed by atoms with Gasteiger partial charge in [-0.05, 0) is 0 Å². The van der Waals surface area contributed by atoms with Crippen molar-refractivity contribution >= 4 is 28.5 Å². The Bertz CT molecular complexity index is 640. The first-order valence-electron chi connectivity index (χ1n) is 5.73. The number of carboxylic acid groups (broad SMARTS) is 1. The second-order valence-corrected chi connectivity index (χ2v) is 4.01. The quantitative estimate of drug-likeness (QED) is 0.748. The third-order valence-electron chi connectivity index (χ3n) is 2.69. The Balaban J connectivity index is 2.38. The van der Waals surface area contributed by atoms with Gasteiger partial charge < -0.3 is 16.2 Å². The highest BCUT2D eigenvalue weighted by molar-refractivity contribution is 6.06. The van der Waals surface area contributed by atoms with Crippen molar-refractivity contribution in [3.63, 3.8) is 0 Å². The van der Waals surface area contributed by atoms with Crippen LogP contribution in [0.1, 0.15) is 16.8 Å². The minimum Gasteiger partial charge on any atom is -0.478 e. The zero-order valence-corrected chi connectivity index (χ0v) is 10.1. The fourth-order valence-electron chi connectivity index (χ4n) is 1.81. The summed E-state index contributed by atoms with van der Waals surface area (Å²) in [5, 5.41) is 13.4. The molecule has 0 radical (unpaired) electrons. The van der Waals surface area contributed by atoms with Crippen LogP contribution in [-0.4, -0.2) is 28.5 Å². The Kier molecular flexibility index (Phi) is 3.61. The maximum atomic E-state index is 11.1. The Morgan fingerprint density at radius 2 is 1.95 bits per heavy atom. The molecule has 0 aliphatic carbocycles. The molecular weight excluding hydrogens is 246 g/mol. The zero-order chi connectivity index (χ0) is 13.8. The van der Waals surface area contributed by atoms with Crippen LogP contribution in [0.4, 0.5) is 5.82 Å². The average Bonchev–Trinajstić information content (AvgIpc) is 2.38. The highest BCUT2D eigenvalue weighted by atomic mass is 16.4. The number of hydrogen-bond acceptors (Lipinski definition) is 4. The van der Waals surface area contributed by atoms with Gasteiger partial charge in [0.2, 0.25) is 5.91 Å². The van der Waals surface area contributed by atoms with Crippen molar-refractivity contribution in [3.05, 3.63) is 36.0 Å². The van der Waals surface area contributed by atoms with Crippen LogP contribution in [0.25, 0.3) is 10.8 Å². The first-order valence-corrected chi connectivity index (χ1v) is 5.73. The molecule has 0 saturated heterocycles. The van der Waals surface area contributed by atoms with Crippen LogP contribution in [0.5, 0.6) is 0 Å². The van der Waals surface area contributed by atoms with Gasteiger partial charge in [0.1, 0.15) is 5.82 Å². The molecule has 1 amide bonds. The van der Waals surface area contributed by atoms with E-state index in [1.165, 1.54) is 6.20 Å². The molecule has 0 fully saturated rings. The lowest BCUT2D eigenvalue weighted by atomic mass is 10.1. The summed E-state index contributed by atoms with van der Waals surface area (Å²) in [5.41, 5.74) is 5.21. The van der Waals surface area contributed by atoms with E-state index in [9.17, 15) is 9.59 Å². The summed E-state index contributed by atoms with van der Waals surface area (Å²) in [6.07, 6.45) is 1.49. The molecule has 0 aliphatic rings. The predicted octanol–water partition coefficient (Wildman–Crippen LogP) is 1.22. The summed E-state index contributed by atoms with van der Waals surface area (Å²) in [5.74, 6) is -0.881. The number of aromatic carboxylic acids is 1. The molecule has 2 aromatic rings. The number of fused-ring (bicyclic) bond motifs is 1. The molecule has 98 valence electrons. The van der Waals surface area contributed by atoms with E-state index in [2.05, 4.69) is 10.3 Å². The van der Waals surface area contributed by atoms with Crippen molar-refractivity contribution < 1.29 is 14.7 Å². The summed E-state index contributed by atoms with van der Waals surface area (Å²) in [4.78, 5) is 25.9. The number of primary amides is 1. The zero-order valence-electron chi connectivity index (χ0n) is 10.1. The Hall–Kier alpha value is -2.63. The number of rotatable bonds is 5. The Morgan fingerprint density at radius 3 is 2.58 bits per heavy atom. The third-order valence-corrected chi connectivity index (χ3v) is 2.69. The fraction of sp³-hybridized carbons (Fsp3) is 0.154. The minimum absolute atomic E-state index is 0.149.